The predicted molar refractivity (Wildman–Crippen MR) is 134 cm³/mol. The summed E-state index contributed by atoms with van der Waals surface area (Å²) in [4.78, 5) is 40.2. The molecule has 8 nitrogen and oxygen atoms in total. The molecule has 2 aliphatic rings. The van der Waals surface area contributed by atoms with Crippen LogP contribution >= 0.6 is 0 Å². The van der Waals surface area contributed by atoms with E-state index in [0.717, 1.165) is 5.46 Å². The van der Waals surface area contributed by atoms with E-state index < -0.39 is 35.5 Å². The molecule has 2 aliphatic heterocycles. The molecule has 1 aromatic heterocycles. The number of carbonyl (C=O) groups is 2. The van der Waals surface area contributed by atoms with Crippen LogP contribution in [0.3, 0.4) is 0 Å². The van der Waals surface area contributed by atoms with Crippen molar-refractivity contribution in [2.75, 3.05) is 0 Å². The number of nitrogens with one attached hydrogen (secondary N) is 1. The van der Waals surface area contributed by atoms with Crippen LogP contribution in [0.1, 0.15) is 54.1 Å². The maximum absolute atomic E-state index is 13.2. The molecule has 11 heteroatoms. The highest BCUT2D eigenvalue weighted by molar-refractivity contribution is 6.62. The van der Waals surface area contributed by atoms with Gasteiger partial charge in [-0.25, -0.2) is 5.10 Å². The van der Waals surface area contributed by atoms with Crippen molar-refractivity contribution in [1.82, 2.24) is 15.1 Å². The summed E-state index contributed by atoms with van der Waals surface area (Å²) in [6.07, 6.45) is 0. The highest BCUT2D eigenvalue weighted by Gasteiger charge is 2.52. The Morgan fingerprint density at radius 1 is 0.912 bits per heavy atom. The average molecular weight is 455 g/mol. The van der Waals surface area contributed by atoms with E-state index in [2.05, 4.69) is 10.2 Å². The molecule has 2 amide bonds. The van der Waals surface area contributed by atoms with E-state index in [-0.39, 0.29) is 5.56 Å². The van der Waals surface area contributed by atoms with Gasteiger partial charge in [0, 0.05) is 10.7 Å². The molecule has 5 rings (SSSR count). The normalized spacial score (nSPS) is 19.2. The summed E-state index contributed by atoms with van der Waals surface area (Å²) < 4.78 is 12.4. The quantitative estimate of drug-likeness (QED) is 0.438. The van der Waals surface area contributed by atoms with Gasteiger partial charge in [-0.15, -0.1) is 0 Å². The van der Waals surface area contributed by atoms with Crippen LogP contribution in [0.15, 0.2) is 47.3 Å². The van der Waals surface area contributed by atoms with Gasteiger partial charge in [-0.2, -0.15) is 5.10 Å². The molecule has 1 N–H and O–H groups in total. The summed E-state index contributed by atoms with van der Waals surface area (Å²) in [5.41, 5.74) is 0.410. The first-order valence-electron chi connectivity index (χ1n) is 11.2. The first kappa shape index (κ1) is 22.6. The van der Waals surface area contributed by atoms with E-state index in [9.17, 15) is 14.4 Å². The van der Waals surface area contributed by atoms with Gasteiger partial charge >= 0.3 is 7.12 Å². The smallest absolute Gasteiger partial charge is 0.399 e. The monoisotopic (exact) mass is 455 g/mol. The fraction of sp³-hybridized carbons (Fsp3) is 0.304. The van der Waals surface area contributed by atoms with Gasteiger partial charge in [0.1, 0.15) is 15.7 Å². The predicted octanol–water partition coefficient (Wildman–Crippen LogP) is -0.105. The lowest BCUT2D eigenvalue weighted by Gasteiger charge is -2.34. The number of benzene rings is 2. The molecule has 0 bridgehead atoms. The van der Waals surface area contributed by atoms with Gasteiger partial charge in [0.15, 0.2) is 0 Å². The van der Waals surface area contributed by atoms with Gasteiger partial charge in [0.25, 0.3) is 17.4 Å². The Kier molecular flexibility index (Phi) is 4.77. The Hall–Kier alpha value is -3.17. The van der Waals surface area contributed by atoms with E-state index in [1.165, 1.54) is 4.90 Å². The molecule has 1 fully saturated rings. The van der Waals surface area contributed by atoms with Gasteiger partial charge in [-0.1, -0.05) is 24.3 Å². The first-order valence-corrected chi connectivity index (χ1v) is 11.2. The minimum absolute atomic E-state index is 0.354. The molecule has 3 aromatic rings. The molecule has 0 saturated carbocycles. The van der Waals surface area contributed by atoms with E-state index in [4.69, 9.17) is 9.31 Å². The van der Waals surface area contributed by atoms with Crippen LogP contribution in [-0.2, 0) is 14.6 Å². The lowest BCUT2D eigenvalue weighted by Crippen LogP contribution is -2.51. The van der Waals surface area contributed by atoms with Crippen LogP contribution in [0.25, 0.3) is 10.8 Å². The number of imide groups is 1. The lowest BCUT2D eigenvalue weighted by molar-refractivity contribution is 0.00578. The Morgan fingerprint density at radius 3 is 2.03 bits per heavy atom. The molecule has 2 aromatic carbocycles. The van der Waals surface area contributed by atoms with Crippen molar-refractivity contribution in [2.45, 2.75) is 44.2 Å². The van der Waals surface area contributed by atoms with Gasteiger partial charge < -0.3 is 9.31 Å². The van der Waals surface area contributed by atoms with E-state index in [0.29, 0.717) is 27.6 Å². The van der Waals surface area contributed by atoms with Crippen molar-refractivity contribution in [2.24, 2.45) is 0 Å². The standard InChI is InChI=1S/C23H24B3N3O5/c1-21(2)22(3,4)34-26(33-21)12-9-10-13-16(11-12)17(27-28-18(13)30)23(24,25)29-19(31)14-7-5-6-8-15(14)20(29)32/h5-11H,24-25H2,1-4H3,(H,28,30). The second-order valence-electron chi connectivity index (χ2n) is 10.3. The van der Waals surface area contributed by atoms with Crippen molar-refractivity contribution in [3.63, 3.8) is 0 Å². The lowest BCUT2D eigenvalue weighted by atomic mass is 9.57. The maximum atomic E-state index is 13.2. The van der Waals surface area contributed by atoms with Crippen molar-refractivity contribution in [1.29, 1.82) is 0 Å². The SMILES string of the molecule is BC(B)(c1n[nH]c(=O)c2ccc(B3OC(C)(C)C(C)(C)O3)cc12)N1C(=O)c2ccccc2C1=O. The fourth-order valence-corrected chi connectivity index (χ4v) is 4.58. The highest BCUT2D eigenvalue weighted by atomic mass is 16.7. The maximum Gasteiger partial charge on any atom is 0.494 e. The Morgan fingerprint density at radius 2 is 1.47 bits per heavy atom. The molecular weight excluding hydrogens is 431 g/mol. The van der Waals surface area contributed by atoms with Crippen LogP contribution in [0.5, 0.6) is 0 Å². The second-order valence-corrected chi connectivity index (χ2v) is 10.3. The van der Waals surface area contributed by atoms with Crippen molar-refractivity contribution in [3.8, 4) is 0 Å². The third-order valence-electron chi connectivity index (χ3n) is 7.27. The zero-order valence-electron chi connectivity index (χ0n) is 20.1. The van der Waals surface area contributed by atoms with Crippen molar-refractivity contribution >= 4 is 50.9 Å². The third kappa shape index (κ3) is 3.10. The molecule has 0 aliphatic carbocycles. The summed E-state index contributed by atoms with van der Waals surface area (Å²) in [7, 11) is 2.86. The molecule has 34 heavy (non-hydrogen) atoms. The molecule has 0 spiro atoms. The number of H-pyrrole nitrogens is 1. The van der Waals surface area contributed by atoms with Gasteiger partial charge in [0.2, 0.25) is 0 Å². The number of aromatic amines is 1. The van der Waals surface area contributed by atoms with E-state index >= 15 is 0 Å². The zero-order valence-corrected chi connectivity index (χ0v) is 20.1. The molecule has 0 unspecified atom stereocenters. The third-order valence-corrected chi connectivity index (χ3v) is 7.27. The Bertz CT molecular complexity index is 1380. The number of carbonyl (C=O) groups excluding carboxylic acids is 2. The average Bonchev–Trinajstić information content (AvgIpc) is 3.16. The summed E-state index contributed by atoms with van der Waals surface area (Å²) in [5, 5.41) is 6.61. The summed E-state index contributed by atoms with van der Waals surface area (Å²) in [5.74, 6) is -0.789. The van der Waals surface area contributed by atoms with Gasteiger partial charge in [0.05, 0.1) is 33.4 Å². The molecule has 0 atom stereocenters. The molecular formula is C23H24B3N3O5. The van der Waals surface area contributed by atoms with Crippen molar-refractivity contribution < 1.29 is 18.9 Å². The number of nitrogens with zero attached hydrogens (tertiary/aromatic N) is 2. The number of hydrogen-bond acceptors (Lipinski definition) is 6. The van der Waals surface area contributed by atoms with Crippen LogP contribution in [-0.4, -0.2) is 60.9 Å². The molecule has 0 radical (unpaired) electrons. The Labute approximate surface area is 199 Å². The highest BCUT2D eigenvalue weighted by Crippen LogP contribution is 2.37. The minimum Gasteiger partial charge on any atom is -0.399 e. The van der Waals surface area contributed by atoms with E-state index in [1.807, 2.05) is 27.7 Å². The number of rotatable bonds is 3. The van der Waals surface area contributed by atoms with Crippen molar-refractivity contribution in [3.05, 3.63) is 69.6 Å². The summed E-state index contributed by atoms with van der Waals surface area (Å²) in [6.45, 7) is 7.88. The van der Waals surface area contributed by atoms with Gasteiger partial charge in [-0.3, -0.25) is 19.3 Å². The molecule has 170 valence electrons. The number of hydrogen-bond donors (Lipinski definition) is 1. The van der Waals surface area contributed by atoms with E-state index in [1.54, 1.807) is 58.2 Å². The fourth-order valence-electron chi connectivity index (χ4n) is 4.58. The second kappa shape index (κ2) is 7.17. The summed E-state index contributed by atoms with van der Waals surface area (Å²) in [6, 6.07) is 12.0. The Balaban J connectivity index is 1.64. The van der Waals surface area contributed by atoms with Crippen LogP contribution in [0.4, 0.5) is 0 Å². The van der Waals surface area contributed by atoms with Gasteiger partial charge in [-0.05, 0) is 51.4 Å². The minimum atomic E-state index is -1.15. The number of aromatic nitrogens is 2. The van der Waals surface area contributed by atoms with Crippen LogP contribution in [0, 0.1) is 0 Å². The topological polar surface area (TPSA) is 102 Å². The molecule has 3 heterocycles. The number of amides is 2. The molecule has 1 saturated heterocycles. The van der Waals surface area contributed by atoms with Crippen LogP contribution < -0.4 is 11.0 Å². The largest absolute Gasteiger partial charge is 0.494 e. The van der Waals surface area contributed by atoms with Crippen LogP contribution in [0.2, 0.25) is 0 Å². The summed E-state index contributed by atoms with van der Waals surface area (Å²) >= 11 is 0. The zero-order chi connectivity index (χ0) is 24.6. The first-order chi connectivity index (χ1) is 15.8. The number of fused-ring (bicyclic) bond motifs is 2.